The van der Waals surface area contributed by atoms with Crippen LogP contribution in [-0.2, 0) is 24.2 Å². The molecule has 2 N–H and O–H groups in total. The smallest absolute Gasteiger partial charge is 0.220 e. The Morgan fingerprint density at radius 2 is 1.96 bits per heavy atom. The molecular formula is C21H30N4O2. The van der Waals surface area contributed by atoms with Gasteiger partial charge >= 0.3 is 0 Å². The van der Waals surface area contributed by atoms with E-state index in [-0.39, 0.29) is 11.7 Å². The predicted molar refractivity (Wildman–Crippen MR) is 104 cm³/mol. The summed E-state index contributed by atoms with van der Waals surface area (Å²) in [6.07, 6.45) is 5.42. The van der Waals surface area contributed by atoms with E-state index in [1.165, 1.54) is 12.8 Å². The Kier molecular flexibility index (Phi) is 6.14. The molecule has 146 valence electrons. The predicted octanol–water partition coefficient (Wildman–Crippen LogP) is 3.46. The van der Waals surface area contributed by atoms with Gasteiger partial charge in [-0.05, 0) is 49.3 Å². The summed E-state index contributed by atoms with van der Waals surface area (Å²) in [7, 11) is 0. The molecule has 2 aromatic rings. The van der Waals surface area contributed by atoms with E-state index in [0.29, 0.717) is 31.3 Å². The van der Waals surface area contributed by atoms with E-state index >= 15 is 0 Å². The molecule has 0 atom stereocenters. The lowest BCUT2D eigenvalue weighted by Crippen LogP contribution is -2.24. The van der Waals surface area contributed by atoms with Gasteiger partial charge in [0.1, 0.15) is 17.4 Å². The Labute approximate surface area is 161 Å². The number of nitrogens with zero attached hydrogens (tertiary/aromatic N) is 3. The van der Waals surface area contributed by atoms with Crippen LogP contribution in [0.2, 0.25) is 0 Å². The Hall–Kier alpha value is -2.37. The van der Waals surface area contributed by atoms with Gasteiger partial charge in [-0.25, -0.2) is 0 Å². The number of phenols is 1. The number of carbonyl (C=O) groups is 1. The number of hydrogen-bond donors (Lipinski definition) is 2. The van der Waals surface area contributed by atoms with Crippen LogP contribution in [0, 0.1) is 12.8 Å². The first kappa shape index (κ1) is 19.4. The van der Waals surface area contributed by atoms with Crippen LogP contribution >= 0.6 is 0 Å². The molecule has 1 heterocycles. The molecule has 1 aliphatic rings. The zero-order valence-corrected chi connectivity index (χ0v) is 16.5. The van der Waals surface area contributed by atoms with Gasteiger partial charge in [0, 0.05) is 31.8 Å². The fraction of sp³-hybridized carbons (Fsp3) is 0.571. The van der Waals surface area contributed by atoms with Gasteiger partial charge in [0.2, 0.25) is 5.91 Å². The molecule has 0 aliphatic heterocycles. The molecule has 0 bridgehead atoms. The van der Waals surface area contributed by atoms with Crippen LogP contribution in [0.15, 0.2) is 18.2 Å². The average molecular weight is 370 g/mol. The number of nitrogens with one attached hydrogen (secondary N) is 1. The fourth-order valence-electron chi connectivity index (χ4n) is 3.24. The van der Waals surface area contributed by atoms with E-state index in [1.54, 1.807) is 12.1 Å². The minimum atomic E-state index is -0.00757. The van der Waals surface area contributed by atoms with E-state index in [1.807, 2.05) is 13.0 Å². The number of phenolic OH excluding ortho intramolecular Hbond substituents is 1. The van der Waals surface area contributed by atoms with Crippen molar-refractivity contribution < 1.29 is 9.90 Å². The van der Waals surface area contributed by atoms with E-state index < -0.39 is 0 Å². The largest absolute Gasteiger partial charge is 0.508 e. The van der Waals surface area contributed by atoms with Gasteiger partial charge in [-0.3, -0.25) is 4.79 Å². The molecule has 1 aromatic carbocycles. The monoisotopic (exact) mass is 370 g/mol. The number of benzene rings is 1. The third-order valence-corrected chi connectivity index (χ3v) is 5.16. The standard InChI is InChI=1S/C21H30N4O2/c1-14(2)7-10-19-23-24-20(25(19)17-8-9-17)11-12-21(27)22-13-16-5-4-6-18(26)15(16)3/h4-6,14,17,26H,7-13H2,1-3H3,(H,22,27). The van der Waals surface area contributed by atoms with Crippen LogP contribution in [0.1, 0.15) is 68.3 Å². The van der Waals surface area contributed by atoms with Crippen LogP contribution in [0.25, 0.3) is 0 Å². The summed E-state index contributed by atoms with van der Waals surface area (Å²) in [6.45, 7) is 6.72. The quantitative estimate of drug-likeness (QED) is 0.708. The first-order valence-electron chi connectivity index (χ1n) is 9.92. The molecule has 6 heteroatoms. The third-order valence-electron chi connectivity index (χ3n) is 5.16. The maximum Gasteiger partial charge on any atom is 0.220 e. The Morgan fingerprint density at radius 3 is 2.63 bits per heavy atom. The molecule has 1 fully saturated rings. The lowest BCUT2D eigenvalue weighted by atomic mass is 10.1. The van der Waals surface area contributed by atoms with Gasteiger partial charge < -0.3 is 15.0 Å². The Balaban J connectivity index is 1.55. The van der Waals surface area contributed by atoms with Crippen molar-refractivity contribution in [2.75, 3.05) is 0 Å². The topological polar surface area (TPSA) is 80.0 Å². The van der Waals surface area contributed by atoms with Gasteiger partial charge in [-0.1, -0.05) is 26.0 Å². The molecule has 0 saturated heterocycles. The van der Waals surface area contributed by atoms with E-state index in [0.717, 1.165) is 35.6 Å². The van der Waals surface area contributed by atoms with Crippen molar-refractivity contribution in [1.82, 2.24) is 20.1 Å². The van der Waals surface area contributed by atoms with Crippen LogP contribution in [0.5, 0.6) is 5.75 Å². The molecule has 0 radical (unpaired) electrons. The summed E-state index contributed by atoms with van der Waals surface area (Å²) in [4.78, 5) is 12.3. The van der Waals surface area contributed by atoms with Gasteiger partial charge in [0.25, 0.3) is 0 Å². The summed E-state index contributed by atoms with van der Waals surface area (Å²) in [5.41, 5.74) is 1.74. The second-order valence-corrected chi connectivity index (χ2v) is 7.90. The van der Waals surface area contributed by atoms with Crippen molar-refractivity contribution in [3.63, 3.8) is 0 Å². The minimum absolute atomic E-state index is 0.00757. The first-order valence-corrected chi connectivity index (χ1v) is 9.92. The molecule has 27 heavy (non-hydrogen) atoms. The van der Waals surface area contributed by atoms with Gasteiger partial charge in [-0.15, -0.1) is 10.2 Å². The van der Waals surface area contributed by atoms with E-state index in [4.69, 9.17) is 0 Å². The summed E-state index contributed by atoms with van der Waals surface area (Å²) in [5.74, 6) is 2.89. The molecule has 6 nitrogen and oxygen atoms in total. The third kappa shape index (κ3) is 5.08. The van der Waals surface area contributed by atoms with Crippen molar-refractivity contribution in [3.05, 3.63) is 41.0 Å². The van der Waals surface area contributed by atoms with Crippen molar-refractivity contribution in [2.45, 2.75) is 71.9 Å². The van der Waals surface area contributed by atoms with Gasteiger partial charge in [-0.2, -0.15) is 0 Å². The molecule has 3 rings (SSSR count). The maximum atomic E-state index is 12.3. The summed E-state index contributed by atoms with van der Waals surface area (Å²) in [5, 5.41) is 21.5. The number of aromatic nitrogens is 3. The van der Waals surface area contributed by atoms with Crippen molar-refractivity contribution in [1.29, 1.82) is 0 Å². The second kappa shape index (κ2) is 8.55. The van der Waals surface area contributed by atoms with Gasteiger partial charge in [0.15, 0.2) is 0 Å². The summed E-state index contributed by atoms with van der Waals surface area (Å²) >= 11 is 0. The van der Waals surface area contributed by atoms with Gasteiger partial charge in [0.05, 0.1) is 0 Å². The Morgan fingerprint density at radius 1 is 1.26 bits per heavy atom. The molecule has 1 aliphatic carbocycles. The molecule has 1 aromatic heterocycles. The van der Waals surface area contributed by atoms with Crippen molar-refractivity contribution >= 4 is 5.91 Å². The number of carbonyl (C=O) groups excluding carboxylic acids is 1. The number of aryl methyl sites for hydroxylation is 2. The van der Waals surface area contributed by atoms with Crippen LogP contribution < -0.4 is 5.32 Å². The van der Waals surface area contributed by atoms with E-state index in [9.17, 15) is 9.90 Å². The van der Waals surface area contributed by atoms with Crippen LogP contribution in [0.3, 0.4) is 0 Å². The maximum absolute atomic E-state index is 12.3. The highest BCUT2D eigenvalue weighted by molar-refractivity contribution is 5.76. The highest BCUT2D eigenvalue weighted by atomic mass is 16.3. The number of aromatic hydroxyl groups is 1. The van der Waals surface area contributed by atoms with E-state index in [2.05, 4.69) is 33.9 Å². The normalized spacial score (nSPS) is 13.9. The molecule has 1 amide bonds. The number of hydrogen-bond acceptors (Lipinski definition) is 4. The van der Waals surface area contributed by atoms with Crippen LogP contribution in [0.4, 0.5) is 0 Å². The first-order chi connectivity index (χ1) is 13.0. The average Bonchev–Trinajstić information content (AvgIpc) is 3.39. The highest BCUT2D eigenvalue weighted by Crippen LogP contribution is 2.37. The summed E-state index contributed by atoms with van der Waals surface area (Å²) < 4.78 is 2.27. The minimum Gasteiger partial charge on any atom is -0.508 e. The summed E-state index contributed by atoms with van der Waals surface area (Å²) in [6, 6.07) is 5.89. The molecule has 0 spiro atoms. The second-order valence-electron chi connectivity index (χ2n) is 7.90. The zero-order chi connectivity index (χ0) is 19.4. The number of rotatable bonds is 9. The lowest BCUT2D eigenvalue weighted by molar-refractivity contribution is -0.121. The van der Waals surface area contributed by atoms with Crippen molar-refractivity contribution in [2.24, 2.45) is 5.92 Å². The molecule has 1 saturated carbocycles. The molecular weight excluding hydrogens is 340 g/mol. The Bertz CT molecular complexity index is 793. The zero-order valence-electron chi connectivity index (χ0n) is 16.5. The molecule has 0 unspecified atom stereocenters. The fourth-order valence-corrected chi connectivity index (χ4v) is 3.24. The van der Waals surface area contributed by atoms with Crippen LogP contribution in [-0.4, -0.2) is 25.8 Å². The van der Waals surface area contributed by atoms with Crippen molar-refractivity contribution in [3.8, 4) is 5.75 Å². The SMILES string of the molecule is Cc1c(O)cccc1CNC(=O)CCc1nnc(CCC(C)C)n1C1CC1. The number of amides is 1. The lowest BCUT2D eigenvalue weighted by Gasteiger charge is -2.11. The highest BCUT2D eigenvalue weighted by Gasteiger charge is 2.29.